The van der Waals surface area contributed by atoms with Crippen molar-refractivity contribution >= 4 is 5.91 Å². The lowest BCUT2D eigenvalue weighted by atomic mass is 10.0. The lowest BCUT2D eigenvalue weighted by Crippen LogP contribution is -2.52. The number of β-amino-alcohol motifs (C(OH)–C–C–N with tert-alkyl or cyclic N) is 1. The van der Waals surface area contributed by atoms with Crippen LogP contribution in [0.3, 0.4) is 0 Å². The highest BCUT2D eigenvalue weighted by Gasteiger charge is 2.37. The van der Waals surface area contributed by atoms with Crippen molar-refractivity contribution in [2.45, 2.75) is 32.5 Å². The Morgan fingerprint density at radius 2 is 1.71 bits per heavy atom. The molecule has 4 rings (SSSR count). The number of nitrogens with zero attached hydrogens (tertiary/aromatic N) is 4. The van der Waals surface area contributed by atoms with E-state index in [2.05, 4.69) is 14.5 Å². The van der Waals surface area contributed by atoms with Crippen molar-refractivity contribution in [2.75, 3.05) is 53.1 Å². The Balaban J connectivity index is 1.37. The summed E-state index contributed by atoms with van der Waals surface area (Å²) in [5.74, 6) is 2.32. The van der Waals surface area contributed by atoms with E-state index in [4.69, 9.17) is 14.2 Å². The molecule has 2 heterocycles. The van der Waals surface area contributed by atoms with Gasteiger partial charge in [0.25, 0.3) is 0 Å². The summed E-state index contributed by atoms with van der Waals surface area (Å²) in [7, 11) is 1.50. The number of methoxy groups -OCH3 is 1. The minimum atomic E-state index is -1.24. The standard InChI is InChI=1S/C29H38N4O5/c1-23-4-8-27(9-5-23)38-22-29(35)20-31(14-15-33(21-29)28(34)19-36-3)18-25-6-10-26(11-7-25)37-17-16-32-13-12-30-24(32)2/h4-13,35H,14-22H2,1-3H3/t29-/m0/s1. The van der Waals surface area contributed by atoms with Gasteiger partial charge in [-0.25, -0.2) is 4.98 Å². The zero-order chi connectivity index (χ0) is 27.0. The first kappa shape index (κ1) is 27.6. The Morgan fingerprint density at radius 1 is 1.00 bits per heavy atom. The largest absolute Gasteiger partial charge is 0.492 e. The van der Waals surface area contributed by atoms with E-state index in [-0.39, 0.29) is 25.7 Å². The third kappa shape index (κ3) is 7.80. The number of carbonyl (C=O) groups is 1. The number of hydrogen-bond acceptors (Lipinski definition) is 7. The molecule has 9 heteroatoms. The first-order chi connectivity index (χ1) is 18.3. The molecule has 1 amide bonds. The summed E-state index contributed by atoms with van der Waals surface area (Å²) in [6, 6.07) is 15.7. The number of ether oxygens (including phenoxy) is 3. The second-order valence-electron chi connectivity index (χ2n) is 9.95. The molecule has 1 aromatic heterocycles. The van der Waals surface area contributed by atoms with Gasteiger partial charge in [0.1, 0.15) is 42.7 Å². The fourth-order valence-corrected chi connectivity index (χ4v) is 4.60. The Labute approximate surface area is 224 Å². The normalized spacial score (nSPS) is 18.3. The van der Waals surface area contributed by atoms with E-state index in [0.29, 0.717) is 38.5 Å². The molecule has 3 aromatic rings. The highest BCUT2D eigenvalue weighted by molar-refractivity contribution is 5.77. The van der Waals surface area contributed by atoms with E-state index >= 15 is 0 Å². The van der Waals surface area contributed by atoms with Gasteiger partial charge in [-0.15, -0.1) is 0 Å². The zero-order valence-electron chi connectivity index (χ0n) is 22.5. The van der Waals surface area contributed by atoms with Gasteiger partial charge in [-0.1, -0.05) is 29.8 Å². The van der Waals surface area contributed by atoms with Gasteiger partial charge < -0.3 is 28.8 Å². The van der Waals surface area contributed by atoms with Crippen molar-refractivity contribution in [2.24, 2.45) is 0 Å². The van der Waals surface area contributed by atoms with Gasteiger partial charge in [-0.3, -0.25) is 9.69 Å². The molecule has 2 aromatic carbocycles. The quantitative estimate of drug-likeness (QED) is 0.414. The molecule has 0 saturated carbocycles. The van der Waals surface area contributed by atoms with Crippen LogP contribution >= 0.6 is 0 Å². The summed E-state index contributed by atoms with van der Waals surface area (Å²) in [5.41, 5.74) is 0.998. The molecule has 0 radical (unpaired) electrons. The van der Waals surface area contributed by atoms with Crippen LogP contribution in [0.25, 0.3) is 0 Å². The number of benzene rings is 2. The van der Waals surface area contributed by atoms with E-state index < -0.39 is 5.60 Å². The molecule has 1 saturated heterocycles. The van der Waals surface area contributed by atoms with Gasteiger partial charge in [0.15, 0.2) is 0 Å². The molecule has 9 nitrogen and oxygen atoms in total. The number of amides is 1. The maximum atomic E-state index is 12.6. The second-order valence-corrected chi connectivity index (χ2v) is 9.95. The van der Waals surface area contributed by atoms with Crippen molar-refractivity contribution < 1.29 is 24.1 Å². The first-order valence-corrected chi connectivity index (χ1v) is 12.9. The zero-order valence-corrected chi connectivity index (χ0v) is 22.5. The molecule has 0 aliphatic carbocycles. The topological polar surface area (TPSA) is 89.3 Å². The van der Waals surface area contributed by atoms with Crippen LogP contribution in [-0.4, -0.2) is 89.1 Å². The number of aryl methyl sites for hydroxylation is 2. The highest BCUT2D eigenvalue weighted by atomic mass is 16.5. The van der Waals surface area contributed by atoms with Crippen LogP contribution in [-0.2, 0) is 22.6 Å². The summed E-state index contributed by atoms with van der Waals surface area (Å²) >= 11 is 0. The fourth-order valence-electron chi connectivity index (χ4n) is 4.60. The maximum Gasteiger partial charge on any atom is 0.248 e. The SMILES string of the molecule is COCC(=O)N1CCN(Cc2ccc(OCCn3ccnc3C)cc2)C[C@@](O)(COc2ccc(C)cc2)C1. The fraction of sp³-hybridized carbons (Fsp3) is 0.448. The lowest BCUT2D eigenvalue weighted by molar-refractivity contribution is -0.138. The van der Waals surface area contributed by atoms with E-state index in [1.807, 2.05) is 68.6 Å². The number of rotatable bonds is 11. The predicted molar refractivity (Wildman–Crippen MR) is 144 cm³/mol. The van der Waals surface area contributed by atoms with Crippen LogP contribution in [0.4, 0.5) is 0 Å². The van der Waals surface area contributed by atoms with Crippen molar-refractivity contribution in [3.63, 3.8) is 0 Å². The van der Waals surface area contributed by atoms with E-state index in [1.165, 1.54) is 7.11 Å². The van der Waals surface area contributed by atoms with Gasteiger partial charge in [-0.2, -0.15) is 0 Å². The van der Waals surface area contributed by atoms with Crippen LogP contribution in [0.1, 0.15) is 17.0 Å². The van der Waals surface area contributed by atoms with Crippen molar-refractivity contribution in [1.29, 1.82) is 0 Å². The molecule has 204 valence electrons. The van der Waals surface area contributed by atoms with Crippen molar-refractivity contribution in [1.82, 2.24) is 19.4 Å². The molecule has 0 unspecified atom stereocenters. The monoisotopic (exact) mass is 522 g/mol. The molecule has 1 atom stereocenters. The number of aromatic nitrogens is 2. The van der Waals surface area contributed by atoms with Gasteiger partial charge in [0.05, 0.1) is 13.1 Å². The van der Waals surface area contributed by atoms with E-state index in [9.17, 15) is 9.90 Å². The smallest absolute Gasteiger partial charge is 0.248 e. The van der Waals surface area contributed by atoms with E-state index in [1.54, 1.807) is 11.1 Å². The lowest BCUT2D eigenvalue weighted by Gasteiger charge is -2.33. The van der Waals surface area contributed by atoms with Gasteiger partial charge in [0.2, 0.25) is 5.91 Å². The Bertz CT molecular complexity index is 1160. The minimum Gasteiger partial charge on any atom is -0.492 e. The Hall–Kier alpha value is -3.40. The van der Waals surface area contributed by atoms with Gasteiger partial charge in [0, 0.05) is 45.7 Å². The molecule has 1 N–H and O–H groups in total. The van der Waals surface area contributed by atoms with Gasteiger partial charge >= 0.3 is 0 Å². The number of imidazole rings is 1. The summed E-state index contributed by atoms with van der Waals surface area (Å²) in [6.07, 6.45) is 3.73. The molecular weight excluding hydrogens is 484 g/mol. The summed E-state index contributed by atoms with van der Waals surface area (Å²) in [5, 5.41) is 11.6. The van der Waals surface area contributed by atoms with Crippen LogP contribution in [0.2, 0.25) is 0 Å². The molecule has 1 aliphatic rings. The average molecular weight is 523 g/mol. The van der Waals surface area contributed by atoms with Crippen LogP contribution in [0.5, 0.6) is 11.5 Å². The third-order valence-corrected chi connectivity index (χ3v) is 6.69. The predicted octanol–water partition coefficient (Wildman–Crippen LogP) is 2.68. The molecule has 1 aliphatic heterocycles. The maximum absolute atomic E-state index is 12.6. The number of aliphatic hydroxyl groups is 1. The minimum absolute atomic E-state index is 0.0171. The second kappa shape index (κ2) is 12.9. The molecule has 0 bridgehead atoms. The van der Waals surface area contributed by atoms with Crippen LogP contribution in [0.15, 0.2) is 60.9 Å². The number of carbonyl (C=O) groups excluding carboxylic acids is 1. The average Bonchev–Trinajstić information content (AvgIpc) is 3.23. The summed E-state index contributed by atoms with van der Waals surface area (Å²) < 4.78 is 19.0. The van der Waals surface area contributed by atoms with E-state index in [0.717, 1.165) is 29.2 Å². The molecule has 1 fully saturated rings. The Kier molecular flexibility index (Phi) is 9.38. The van der Waals surface area contributed by atoms with Crippen LogP contribution in [0, 0.1) is 13.8 Å². The van der Waals surface area contributed by atoms with Crippen molar-refractivity contribution in [3.8, 4) is 11.5 Å². The molecular formula is C29H38N4O5. The Morgan fingerprint density at radius 3 is 2.39 bits per heavy atom. The molecule has 38 heavy (non-hydrogen) atoms. The first-order valence-electron chi connectivity index (χ1n) is 12.9. The van der Waals surface area contributed by atoms with Gasteiger partial charge in [-0.05, 0) is 43.7 Å². The highest BCUT2D eigenvalue weighted by Crippen LogP contribution is 2.21. The number of hydrogen-bond donors (Lipinski definition) is 1. The summed E-state index contributed by atoms with van der Waals surface area (Å²) in [6.45, 7) is 7.66. The van der Waals surface area contributed by atoms with Crippen molar-refractivity contribution in [3.05, 3.63) is 77.9 Å². The van der Waals surface area contributed by atoms with Crippen LogP contribution < -0.4 is 9.47 Å². The third-order valence-electron chi connectivity index (χ3n) is 6.69. The molecule has 0 spiro atoms. The summed E-state index contributed by atoms with van der Waals surface area (Å²) in [4.78, 5) is 20.7.